The van der Waals surface area contributed by atoms with Gasteiger partial charge in [-0.3, -0.25) is 4.79 Å². The van der Waals surface area contributed by atoms with Crippen LogP contribution in [0.2, 0.25) is 0 Å². The molecule has 2 aromatic heterocycles. The first kappa shape index (κ1) is 9.47. The summed E-state index contributed by atoms with van der Waals surface area (Å²) in [7, 11) is 2.09. The second kappa shape index (κ2) is 3.38. The molecule has 0 aromatic carbocycles. The molecule has 0 aliphatic carbocycles. The number of nitrogens with zero attached hydrogens (tertiary/aromatic N) is 4. The smallest absolute Gasteiger partial charge is 0.159 e. The highest BCUT2D eigenvalue weighted by molar-refractivity contribution is 5.74. The third-order valence-corrected chi connectivity index (χ3v) is 2.97. The van der Waals surface area contributed by atoms with Gasteiger partial charge in [0.1, 0.15) is 0 Å². The number of hydrogen-bond donors (Lipinski definition) is 0. The van der Waals surface area contributed by atoms with Crippen LogP contribution in [-0.4, -0.2) is 39.4 Å². The van der Waals surface area contributed by atoms with E-state index in [0.717, 1.165) is 37.1 Å². The minimum absolute atomic E-state index is 0.556. The normalized spacial score (nSPS) is 16.3. The first-order valence-corrected chi connectivity index (χ1v) is 5.28. The summed E-state index contributed by atoms with van der Waals surface area (Å²) in [5, 5.41) is 4.46. The molecule has 0 spiro atoms. The van der Waals surface area contributed by atoms with Crippen molar-refractivity contribution in [1.29, 1.82) is 0 Å². The zero-order valence-corrected chi connectivity index (χ0v) is 9.05. The lowest BCUT2D eigenvalue weighted by Crippen LogP contribution is -2.26. The lowest BCUT2D eigenvalue weighted by molar-refractivity contribution is 0.112. The van der Waals surface area contributed by atoms with Gasteiger partial charge in [0.25, 0.3) is 0 Å². The summed E-state index contributed by atoms with van der Waals surface area (Å²) in [4.78, 5) is 17.2. The highest BCUT2D eigenvalue weighted by atomic mass is 16.1. The van der Waals surface area contributed by atoms with Crippen LogP contribution in [0.1, 0.15) is 21.6 Å². The number of fused-ring (bicyclic) bond motifs is 3. The standard InChI is InChI=1S/C11H12N4O/c1-14-3-2-10-9(6-14)11-12-4-8(7-16)5-15(11)13-10/h4-5,7H,2-3,6H2,1H3. The number of likely N-dealkylation sites (N-methyl/N-ethyl adjacent to an activating group) is 1. The molecule has 16 heavy (non-hydrogen) atoms. The zero-order valence-electron chi connectivity index (χ0n) is 9.05. The summed E-state index contributed by atoms with van der Waals surface area (Å²) in [6.07, 6.45) is 5.07. The molecule has 0 saturated heterocycles. The Morgan fingerprint density at radius 3 is 3.19 bits per heavy atom. The molecule has 3 rings (SSSR count). The summed E-state index contributed by atoms with van der Waals surface area (Å²) in [6.45, 7) is 1.91. The van der Waals surface area contributed by atoms with Crippen LogP contribution in [0, 0.1) is 0 Å². The van der Waals surface area contributed by atoms with Crippen molar-refractivity contribution in [2.24, 2.45) is 0 Å². The van der Waals surface area contributed by atoms with Crippen LogP contribution >= 0.6 is 0 Å². The first-order valence-electron chi connectivity index (χ1n) is 5.28. The van der Waals surface area contributed by atoms with Gasteiger partial charge in [0, 0.05) is 37.5 Å². The molecule has 3 heterocycles. The van der Waals surface area contributed by atoms with Crippen molar-refractivity contribution in [3.63, 3.8) is 0 Å². The molecule has 5 heteroatoms. The Morgan fingerprint density at radius 1 is 1.50 bits per heavy atom. The van der Waals surface area contributed by atoms with Gasteiger partial charge in [-0.25, -0.2) is 9.50 Å². The Kier molecular flexibility index (Phi) is 2.00. The lowest BCUT2D eigenvalue weighted by Gasteiger charge is -2.20. The van der Waals surface area contributed by atoms with Crippen molar-refractivity contribution in [3.8, 4) is 0 Å². The SMILES string of the molecule is CN1CCc2nn3cc(C=O)cnc3c2C1. The Bertz CT molecular complexity index is 560. The minimum Gasteiger partial charge on any atom is -0.302 e. The molecular formula is C11H12N4O. The molecule has 1 aliphatic rings. The fourth-order valence-corrected chi connectivity index (χ4v) is 2.11. The average molecular weight is 216 g/mol. The molecule has 0 saturated carbocycles. The average Bonchev–Trinajstić information content (AvgIpc) is 2.66. The van der Waals surface area contributed by atoms with Gasteiger partial charge in [0.05, 0.1) is 11.3 Å². The van der Waals surface area contributed by atoms with Crippen molar-refractivity contribution in [2.45, 2.75) is 13.0 Å². The van der Waals surface area contributed by atoms with E-state index in [0.29, 0.717) is 5.56 Å². The Labute approximate surface area is 92.7 Å². The van der Waals surface area contributed by atoms with E-state index in [1.54, 1.807) is 16.9 Å². The van der Waals surface area contributed by atoms with Crippen LogP contribution in [0.3, 0.4) is 0 Å². The molecule has 0 unspecified atom stereocenters. The quantitative estimate of drug-likeness (QED) is 0.652. The number of rotatable bonds is 1. The fraction of sp³-hybridized carbons (Fsp3) is 0.364. The predicted octanol–water partition coefficient (Wildman–Crippen LogP) is 0.530. The van der Waals surface area contributed by atoms with Gasteiger partial charge in [0.2, 0.25) is 0 Å². The van der Waals surface area contributed by atoms with E-state index in [2.05, 4.69) is 22.0 Å². The van der Waals surface area contributed by atoms with Crippen LogP contribution in [-0.2, 0) is 13.0 Å². The topological polar surface area (TPSA) is 50.5 Å². The monoisotopic (exact) mass is 216 g/mol. The van der Waals surface area contributed by atoms with E-state index in [1.807, 2.05) is 0 Å². The van der Waals surface area contributed by atoms with Crippen LogP contribution in [0.25, 0.3) is 5.65 Å². The van der Waals surface area contributed by atoms with Crippen LogP contribution < -0.4 is 0 Å². The number of carbonyl (C=O) groups is 1. The highest BCUT2D eigenvalue weighted by Gasteiger charge is 2.20. The van der Waals surface area contributed by atoms with Gasteiger partial charge >= 0.3 is 0 Å². The van der Waals surface area contributed by atoms with Gasteiger partial charge in [0.15, 0.2) is 11.9 Å². The van der Waals surface area contributed by atoms with Crippen molar-refractivity contribution >= 4 is 11.9 Å². The molecular weight excluding hydrogens is 204 g/mol. The van der Waals surface area contributed by atoms with E-state index in [-0.39, 0.29) is 0 Å². The van der Waals surface area contributed by atoms with E-state index in [4.69, 9.17) is 0 Å². The molecule has 2 aromatic rings. The van der Waals surface area contributed by atoms with Gasteiger partial charge in [-0.1, -0.05) is 0 Å². The lowest BCUT2D eigenvalue weighted by atomic mass is 10.1. The molecule has 0 fully saturated rings. The molecule has 5 nitrogen and oxygen atoms in total. The Morgan fingerprint density at radius 2 is 2.38 bits per heavy atom. The third kappa shape index (κ3) is 1.32. The summed E-state index contributed by atoms with van der Waals surface area (Å²) >= 11 is 0. The Hall–Kier alpha value is -1.75. The minimum atomic E-state index is 0.556. The Balaban J connectivity index is 2.21. The summed E-state index contributed by atoms with van der Waals surface area (Å²) in [6, 6.07) is 0. The van der Waals surface area contributed by atoms with Gasteiger partial charge in [-0.15, -0.1) is 0 Å². The molecule has 0 radical (unpaired) electrons. The number of carbonyl (C=O) groups excluding carboxylic acids is 1. The predicted molar refractivity (Wildman–Crippen MR) is 58.4 cm³/mol. The number of hydrogen-bond acceptors (Lipinski definition) is 4. The van der Waals surface area contributed by atoms with E-state index < -0.39 is 0 Å². The summed E-state index contributed by atoms with van der Waals surface area (Å²) in [5.41, 5.74) is 3.72. The molecule has 0 amide bonds. The molecule has 0 N–H and O–H groups in total. The van der Waals surface area contributed by atoms with Crippen molar-refractivity contribution in [1.82, 2.24) is 19.5 Å². The summed E-state index contributed by atoms with van der Waals surface area (Å²) in [5.74, 6) is 0. The van der Waals surface area contributed by atoms with E-state index in [9.17, 15) is 4.79 Å². The van der Waals surface area contributed by atoms with Crippen molar-refractivity contribution < 1.29 is 4.79 Å². The van der Waals surface area contributed by atoms with E-state index >= 15 is 0 Å². The fourth-order valence-electron chi connectivity index (χ4n) is 2.11. The maximum absolute atomic E-state index is 10.7. The maximum atomic E-state index is 10.7. The molecule has 0 bridgehead atoms. The van der Waals surface area contributed by atoms with Crippen LogP contribution in [0.5, 0.6) is 0 Å². The second-order valence-electron chi connectivity index (χ2n) is 4.19. The maximum Gasteiger partial charge on any atom is 0.159 e. The third-order valence-electron chi connectivity index (χ3n) is 2.97. The van der Waals surface area contributed by atoms with Gasteiger partial charge < -0.3 is 4.90 Å². The van der Waals surface area contributed by atoms with Crippen LogP contribution in [0.15, 0.2) is 12.4 Å². The van der Waals surface area contributed by atoms with E-state index in [1.165, 1.54) is 5.56 Å². The highest BCUT2D eigenvalue weighted by Crippen LogP contribution is 2.20. The molecule has 1 aliphatic heterocycles. The van der Waals surface area contributed by atoms with Crippen molar-refractivity contribution in [2.75, 3.05) is 13.6 Å². The van der Waals surface area contributed by atoms with Gasteiger partial charge in [-0.05, 0) is 7.05 Å². The number of aldehydes is 1. The van der Waals surface area contributed by atoms with Crippen molar-refractivity contribution in [3.05, 3.63) is 29.2 Å². The van der Waals surface area contributed by atoms with Gasteiger partial charge in [-0.2, -0.15) is 5.10 Å². The zero-order chi connectivity index (χ0) is 11.1. The first-order chi connectivity index (χ1) is 7.78. The largest absolute Gasteiger partial charge is 0.302 e. The molecule has 82 valence electrons. The second-order valence-corrected chi connectivity index (χ2v) is 4.19. The molecule has 0 atom stereocenters. The summed E-state index contributed by atoms with van der Waals surface area (Å²) < 4.78 is 1.72. The number of aromatic nitrogens is 3. The van der Waals surface area contributed by atoms with Crippen LogP contribution in [0.4, 0.5) is 0 Å².